The van der Waals surface area contributed by atoms with Crippen LogP contribution in [-0.4, -0.2) is 53.7 Å². The Hall–Kier alpha value is -2.42. The second-order valence-corrected chi connectivity index (χ2v) is 7.64. The molecule has 6 nitrogen and oxygen atoms in total. The minimum Gasteiger partial charge on any atom is -0.493 e. The van der Waals surface area contributed by atoms with Crippen molar-refractivity contribution in [1.82, 2.24) is 15.1 Å². The molecule has 1 unspecified atom stereocenters. The molecule has 1 aliphatic heterocycles. The van der Waals surface area contributed by atoms with Crippen LogP contribution in [-0.2, 0) is 4.79 Å². The molecule has 3 rings (SSSR count). The molecule has 0 spiro atoms. The van der Waals surface area contributed by atoms with Gasteiger partial charge in [0.2, 0.25) is 0 Å². The monoisotopic (exact) mass is 439 g/mol. The lowest BCUT2D eigenvalue weighted by molar-refractivity contribution is -0.127. The van der Waals surface area contributed by atoms with E-state index >= 15 is 0 Å². The van der Waals surface area contributed by atoms with Gasteiger partial charge in [-0.3, -0.25) is 4.79 Å². The molecule has 0 radical (unpaired) electrons. The van der Waals surface area contributed by atoms with E-state index < -0.39 is 12.7 Å². The summed E-state index contributed by atoms with van der Waals surface area (Å²) in [6.07, 6.45) is 2.06. The number of nitrogens with one attached hydrogen (secondary N) is 1. The van der Waals surface area contributed by atoms with Crippen LogP contribution in [0.3, 0.4) is 0 Å². The predicted octanol–water partition coefficient (Wildman–Crippen LogP) is 3.83. The molecular weight excluding hydrogens is 412 g/mol. The van der Waals surface area contributed by atoms with Crippen molar-refractivity contribution < 1.29 is 23.0 Å². The van der Waals surface area contributed by atoms with Crippen LogP contribution in [0.5, 0.6) is 11.5 Å². The van der Waals surface area contributed by atoms with Gasteiger partial charge in [-0.2, -0.15) is 8.78 Å². The molecule has 0 aromatic heterocycles. The maximum atomic E-state index is 13.4. The van der Waals surface area contributed by atoms with E-state index in [1.54, 1.807) is 17.0 Å². The minimum atomic E-state index is -2.96. The van der Waals surface area contributed by atoms with Crippen LogP contribution in [0.2, 0.25) is 0 Å². The highest BCUT2D eigenvalue weighted by atomic mass is 32.1. The van der Waals surface area contributed by atoms with E-state index in [0.717, 1.165) is 18.5 Å². The van der Waals surface area contributed by atoms with Gasteiger partial charge >= 0.3 is 6.61 Å². The summed E-state index contributed by atoms with van der Waals surface area (Å²) in [5.41, 5.74) is 2.11. The lowest BCUT2D eigenvalue weighted by Gasteiger charge is -2.39. The van der Waals surface area contributed by atoms with E-state index in [-0.39, 0.29) is 17.4 Å². The number of allylic oxidation sites excluding steroid dienone is 1. The number of benzene rings is 1. The van der Waals surface area contributed by atoms with Crippen LogP contribution in [0.4, 0.5) is 8.78 Å². The first-order valence-electron chi connectivity index (χ1n) is 10.0. The number of thiocarbonyl (C=S) groups is 1. The lowest BCUT2D eigenvalue weighted by atomic mass is 9.93. The molecule has 1 amide bonds. The number of carbonyl (C=O) groups is 1. The summed E-state index contributed by atoms with van der Waals surface area (Å²) >= 11 is 5.60. The number of likely N-dealkylation sites (N-methyl/N-ethyl adjacent to an activating group) is 1. The summed E-state index contributed by atoms with van der Waals surface area (Å²) in [5, 5.41) is 3.85. The first kappa shape index (κ1) is 22.3. The Morgan fingerprint density at radius 1 is 1.30 bits per heavy atom. The molecular formula is C21H27F2N3O3S. The van der Waals surface area contributed by atoms with Crippen molar-refractivity contribution in [3.05, 3.63) is 35.0 Å². The molecule has 1 N–H and O–H groups in total. The second-order valence-electron chi connectivity index (χ2n) is 7.25. The molecule has 30 heavy (non-hydrogen) atoms. The minimum absolute atomic E-state index is 0.0634. The molecule has 0 bridgehead atoms. The number of hydrogen-bond donors (Lipinski definition) is 1. The molecule has 0 saturated heterocycles. The van der Waals surface area contributed by atoms with Gasteiger partial charge in [0.15, 0.2) is 16.6 Å². The van der Waals surface area contributed by atoms with Gasteiger partial charge in [0, 0.05) is 24.8 Å². The average Bonchev–Trinajstić information content (AvgIpc) is 3.53. The summed E-state index contributed by atoms with van der Waals surface area (Å²) in [6.45, 7) is 3.99. The van der Waals surface area contributed by atoms with E-state index in [2.05, 4.69) is 10.1 Å². The van der Waals surface area contributed by atoms with Crippen LogP contribution < -0.4 is 14.8 Å². The van der Waals surface area contributed by atoms with Crippen LogP contribution in [0, 0.1) is 0 Å². The maximum absolute atomic E-state index is 13.4. The molecule has 1 atom stereocenters. The first-order chi connectivity index (χ1) is 14.3. The van der Waals surface area contributed by atoms with Crippen molar-refractivity contribution in [1.29, 1.82) is 0 Å². The standard InChI is InChI=1S/C21H27F2N3O3S/c1-5-25(6-2)19(27)17-12(3)26(14-8-9-14)21(30)24-18(17)13-7-10-15(29-20(22)23)16(11-13)28-4/h7,10-11,14,18,20H,5-6,8-9H2,1-4H3,(H,24,30). The highest BCUT2D eigenvalue weighted by Gasteiger charge is 2.41. The summed E-state index contributed by atoms with van der Waals surface area (Å²) in [5.74, 6) is 0.0269. The van der Waals surface area contributed by atoms with Crippen LogP contribution in [0.15, 0.2) is 29.5 Å². The number of ether oxygens (including phenoxy) is 2. The van der Waals surface area contributed by atoms with E-state index in [1.807, 2.05) is 25.7 Å². The van der Waals surface area contributed by atoms with Crippen LogP contribution in [0.25, 0.3) is 0 Å². The Morgan fingerprint density at radius 3 is 2.50 bits per heavy atom. The topological polar surface area (TPSA) is 54.0 Å². The van der Waals surface area contributed by atoms with Gasteiger partial charge in [0.05, 0.1) is 18.7 Å². The fourth-order valence-electron chi connectivity index (χ4n) is 3.80. The van der Waals surface area contributed by atoms with Crippen molar-refractivity contribution in [2.45, 2.75) is 52.3 Å². The number of rotatable bonds is 8. The van der Waals surface area contributed by atoms with Crippen molar-refractivity contribution in [2.24, 2.45) is 0 Å². The fraction of sp³-hybridized carbons (Fsp3) is 0.524. The predicted molar refractivity (Wildman–Crippen MR) is 114 cm³/mol. The Morgan fingerprint density at radius 2 is 1.97 bits per heavy atom. The van der Waals surface area contributed by atoms with Gasteiger partial charge in [0.25, 0.3) is 5.91 Å². The smallest absolute Gasteiger partial charge is 0.387 e. The molecule has 9 heteroatoms. The van der Waals surface area contributed by atoms with Gasteiger partial charge < -0.3 is 24.6 Å². The van der Waals surface area contributed by atoms with Gasteiger partial charge in [-0.05, 0) is 63.5 Å². The largest absolute Gasteiger partial charge is 0.493 e. The van der Waals surface area contributed by atoms with E-state index in [0.29, 0.717) is 35.4 Å². The third-order valence-corrected chi connectivity index (χ3v) is 5.77. The number of amides is 1. The molecule has 1 aromatic rings. The quantitative estimate of drug-likeness (QED) is 0.622. The van der Waals surface area contributed by atoms with Crippen molar-refractivity contribution in [2.75, 3.05) is 20.2 Å². The van der Waals surface area contributed by atoms with Gasteiger partial charge in [-0.15, -0.1) is 0 Å². The maximum Gasteiger partial charge on any atom is 0.387 e. The highest BCUT2D eigenvalue weighted by Crippen LogP contribution is 2.40. The normalized spacial score (nSPS) is 19.1. The molecule has 1 fully saturated rings. The molecule has 1 aliphatic carbocycles. The number of nitrogens with zero attached hydrogens (tertiary/aromatic N) is 2. The number of methoxy groups -OCH3 is 1. The zero-order chi connectivity index (χ0) is 22.0. The Labute approximate surface area is 180 Å². The molecule has 1 aromatic carbocycles. The van der Waals surface area contributed by atoms with Crippen LogP contribution >= 0.6 is 12.2 Å². The van der Waals surface area contributed by atoms with E-state index in [9.17, 15) is 13.6 Å². The first-order valence-corrected chi connectivity index (χ1v) is 10.5. The third kappa shape index (κ3) is 4.35. The fourth-order valence-corrected chi connectivity index (χ4v) is 4.20. The number of hydrogen-bond acceptors (Lipinski definition) is 4. The second kappa shape index (κ2) is 9.16. The third-order valence-electron chi connectivity index (χ3n) is 5.46. The Balaban J connectivity index is 2.07. The summed E-state index contributed by atoms with van der Waals surface area (Å²) in [7, 11) is 1.38. The number of halogens is 2. The van der Waals surface area contributed by atoms with Crippen molar-refractivity contribution in [3.8, 4) is 11.5 Å². The number of alkyl halides is 2. The van der Waals surface area contributed by atoms with Crippen LogP contribution in [0.1, 0.15) is 45.2 Å². The van der Waals surface area contributed by atoms with E-state index in [1.165, 1.54) is 13.2 Å². The zero-order valence-electron chi connectivity index (χ0n) is 17.6. The molecule has 164 valence electrons. The summed E-state index contributed by atoms with van der Waals surface area (Å²) in [4.78, 5) is 17.2. The zero-order valence-corrected chi connectivity index (χ0v) is 18.4. The lowest BCUT2D eigenvalue weighted by Crippen LogP contribution is -2.50. The van der Waals surface area contributed by atoms with Crippen molar-refractivity contribution in [3.63, 3.8) is 0 Å². The van der Waals surface area contributed by atoms with Gasteiger partial charge in [-0.25, -0.2) is 0 Å². The summed E-state index contributed by atoms with van der Waals surface area (Å²) in [6, 6.07) is 4.47. The molecule has 2 aliphatic rings. The van der Waals surface area contributed by atoms with Crippen molar-refractivity contribution >= 4 is 23.2 Å². The van der Waals surface area contributed by atoms with Gasteiger partial charge in [-0.1, -0.05) is 6.07 Å². The SMILES string of the molecule is CCN(CC)C(=O)C1=C(C)N(C2CC2)C(=S)NC1c1ccc(OC(F)F)c(OC)c1. The summed E-state index contributed by atoms with van der Waals surface area (Å²) < 4.78 is 35.1. The molecule has 1 saturated carbocycles. The number of carbonyl (C=O) groups excluding carboxylic acids is 1. The molecule has 1 heterocycles. The Bertz CT molecular complexity index is 854. The van der Waals surface area contributed by atoms with Gasteiger partial charge in [0.1, 0.15) is 0 Å². The average molecular weight is 440 g/mol. The highest BCUT2D eigenvalue weighted by molar-refractivity contribution is 7.80. The van der Waals surface area contributed by atoms with E-state index in [4.69, 9.17) is 17.0 Å². The Kier molecular flexibility index (Phi) is 6.80.